The molecule has 0 aliphatic carbocycles. The second kappa shape index (κ2) is 10.7. The van der Waals surface area contributed by atoms with Crippen LogP contribution in [0.1, 0.15) is 32.6 Å². The van der Waals surface area contributed by atoms with Gasteiger partial charge in [-0.2, -0.15) is 8.78 Å². The Balaban J connectivity index is 1.76. The molecule has 0 saturated heterocycles. The maximum absolute atomic E-state index is 14.3. The lowest BCUT2D eigenvalue weighted by Gasteiger charge is -2.20. The summed E-state index contributed by atoms with van der Waals surface area (Å²) >= 11 is 0. The average Bonchev–Trinajstić information content (AvgIpc) is 3.18. The number of ether oxygens (including phenoxy) is 1. The molecule has 8 nitrogen and oxygen atoms in total. The molecule has 204 valence electrons. The van der Waals surface area contributed by atoms with Crippen molar-refractivity contribution < 1.29 is 37.1 Å². The van der Waals surface area contributed by atoms with Gasteiger partial charge < -0.3 is 14.5 Å². The van der Waals surface area contributed by atoms with Crippen LogP contribution in [0.4, 0.5) is 13.2 Å². The monoisotopic (exact) mass is 560 g/mol. The molecule has 1 heterocycles. The molecule has 39 heavy (non-hydrogen) atoms. The van der Waals surface area contributed by atoms with E-state index in [4.69, 9.17) is 14.5 Å². The van der Waals surface area contributed by atoms with Gasteiger partial charge in [-0.3, -0.25) is 13.7 Å². The summed E-state index contributed by atoms with van der Waals surface area (Å²) in [5, 5.41) is 0. The predicted octanol–water partition coefficient (Wildman–Crippen LogP) is 4.87. The van der Waals surface area contributed by atoms with Crippen LogP contribution in [0, 0.1) is 12.7 Å². The van der Waals surface area contributed by atoms with Crippen LogP contribution in [0.25, 0.3) is 11.3 Å². The second-order valence-corrected chi connectivity index (χ2v) is 10.6. The second-order valence-electron chi connectivity index (χ2n) is 8.94. The highest BCUT2D eigenvalue weighted by Crippen LogP contribution is 2.59. The fourth-order valence-corrected chi connectivity index (χ4v) is 4.77. The van der Waals surface area contributed by atoms with Crippen molar-refractivity contribution in [1.82, 2.24) is 9.13 Å². The summed E-state index contributed by atoms with van der Waals surface area (Å²) in [7, 11) is -4.49. The summed E-state index contributed by atoms with van der Waals surface area (Å²) in [5.41, 5.74) is -3.21. The van der Waals surface area contributed by atoms with E-state index in [1.165, 1.54) is 59.6 Å². The number of hydrogen-bond donors (Lipinski definition) is 2. The first-order chi connectivity index (χ1) is 18.3. The van der Waals surface area contributed by atoms with Gasteiger partial charge in [0, 0.05) is 11.8 Å². The third-order valence-corrected chi connectivity index (χ3v) is 7.21. The van der Waals surface area contributed by atoms with Crippen molar-refractivity contribution in [3.63, 3.8) is 0 Å². The van der Waals surface area contributed by atoms with Crippen molar-refractivity contribution in [2.24, 2.45) is 0 Å². The Morgan fingerprint density at radius 2 is 1.59 bits per heavy atom. The van der Waals surface area contributed by atoms with E-state index in [0.717, 1.165) is 6.07 Å². The summed E-state index contributed by atoms with van der Waals surface area (Å²) in [5.74, 6) is -0.950. The van der Waals surface area contributed by atoms with Crippen molar-refractivity contribution in [1.29, 1.82) is 0 Å². The molecule has 0 amide bonds. The van der Waals surface area contributed by atoms with E-state index in [1.54, 1.807) is 30.5 Å². The van der Waals surface area contributed by atoms with Crippen LogP contribution in [0.15, 0.2) is 77.7 Å². The molecule has 0 radical (unpaired) electrons. The lowest BCUT2D eigenvalue weighted by atomic mass is 10.0. The fraction of sp³-hybridized carbons (Fsp3) is 0.185. The molecular formula is C27H24F3N2O6P. The first-order valence-corrected chi connectivity index (χ1v) is 13.2. The number of carbonyl (C=O) groups excluding carboxylic acids is 1. The summed E-state index contributed by atoms with van der Waals surface area (Å²) < 4.78 is 60.8. The van der Waals surface area contributed by atoms with Gasteiger partial charge in [-0.1, -0.05) is 42.5 Å². The lowest BCUT2D eigenvalue weighted by Crippen LogP contribution is -2.25. The van der Waals surface area contributed by atoms with Crippen LogP contribution >= 0.6 is 7.60 Å². The predicted molar refractivity (Wildman–Crippen MR) is 137 cm³/mol. The molecule has 0 aliphatic rings. The van der Waals surface area contributed by atoms with Gasteiger partial charge in [0.2, 0.25) is 0 Å². The first kappa shape index (κ1) is 28.1. The van der Waals surface area contributed by atoms with Crippen LogP contribution in [0.3, 0.4) is 0 Å². The molecule has 3 aromatic carbocycles. The van der Waals surface area contributed by atoms with Crippen LogP contribution in [-0.2, 0) is 28.1 Å². The molecule has 2 N–H and O–H groups in total. The summed E-state index contributed by atoms with van der Waals surface area (Å²) in [6, 6.07) is 15.6. The van der Waals surface area contributed by atoms with Gasteiger partial charge in [-0.15, -0.1) is 0 Å². The normalized spacial score (nSPS) is 12.0. The van der Waals surface area contributed by atoms with E-state index in [0.29, 0.717) is 27.9 Å². The van der Waals surface area contributed by atoms with E-state index < -0.39 is 36.3 Å². The molecule has 1 aromatic heterocycles. The van der Waals surface area contributed by atoms with Gasteiger partial charge in [0.1, 0.15) is 5.82 Å². The van der Waals surface area contributed by atoms with Gasteiger partial charge in [-0.05, 0) is 53.4 Å². The number of carbonyl (C=O) groups is 1. The van der Waals surface area contributed by atoms with Crippen LogP contribution in [0.5, 0.6) is 0 Å². The van der Waals surface area contributed by atoms with Gasteiger partial charge in [0.15, 0.2) is 0 Å². The molecule has 0 bridgehead atoms. The largest absolute Gasteiger partial charge is 0.465 e. The lowest BCUT2D eigenvalue weighted by molar-refractivity contribution is 0.0558. The maximum Gasteiger partial charge on any atom is 0.399 e. The van der Waals surface area contributed by atoms with Crippen molar-refractivity contribution >= 4 is 13.6 Å². The molecule has 0 aliphatic heterocycles. The summed E-state index contributed by atoms with van der Waals surface area (Å²) in [6.45, 7) is 1.38. The summed E-state index contributed by atoms with van der Waals surface area (Å²) in [6.07, 6.45) is 1.60. The van der Waals surface area contributed by atoms with E-state index in [-0.39, 0.29) is 18.7 Å². The quantitative estimate of drug-likeness (QED) is 0.235. The molecule has 12 heteroatoms. The molecule has 4 aromatic rings. The highest BCUT2D eigenvalue weighted by molar-refractivity contribution is 7.52. The molecule has 0 fully saturated rings. The Morgan fingerprint density at radius 1 is 0.974 bits per heavy atom. The number of benzene rings is 3. The Hall–Kier alpha value is -3.92. The minimum absolute atomic E-state index is 0.0497. The standard InChI is InChI=1S/C27H24F3N2O6P/c1-17-13-19(5-12-23(17)27(29,30)39(35,36)37)15-32-24(20-6-8-21(9-7-20)25(33)38-2)16-31(26(32)34)14-18-3-10-22(28)11-4-18/h3-13,16H,14-15H2,1-2H3,(H2,35,36,37). The number of methoxy groups -OCH3 is 1. The zero-order valence-electron chi connectivity index (χ0n) is 20.8. The molecule has 0 spiro atoms. The van der Waals surface area contributed by atoms with E-state index in [1.807, 2.05) is 0 Å². The van der Waals surface area contributed by atoms with Gasteiger partial charge in [0.05, 0.1) is 31.5 Å². The summed E-state index contributed by atoms with van der Waals surface area (Å²) in [4.78, 5) is 43.5. The number of imidazole rings is 1. The number of aromatic nitrogens is 2. The van der Waals surface area contributed by atoms with Gasteiger partial charge in [-0.25, -0.2) is 14.0 Å². The topological polar surface area (TPSA) is 111 Å². The molecule has 0 saturated carbocycles. The zero-order chi connectivity index (χ0) is 28.5. The van der Waals surface area contributed by atoms with Crippen LogP contribution in [0.2, 0.25) is 0 Å². The number of aryl methyl sites for hydroxylation is 1. The van der Waals surface area contributed by atoms with Gasteiger partial charge >= 0.3 is 24.9 Å². The number of hydrogen-bond acceptors (Lipinski definition) is 4. The number of nitrogens with zero attached hydrogens (tertiary/aromatic N) is 2. The molecule has 0 atom stereocenters. The zero-order valence-corrected chi connectivity index (χ0v) is 21.7. The highest BCUT2D eigenvalue weighted by atomic mass is 31.2. The third-order valence-electron chi connectivity index (χ3n) is 6.23. The van der Waals surface area contributed by atoms with Crippen molar-refractivity contribution in [3.8, 4) is 11.3 Å². The van der Waals surface area contributed by atoms with Crippen molar-refractivity contribution in [2.45, 2.75) is 25.7 Å². The minimum Gasteiger partial charge on any atom is -0.465 e. The SMILES string of the molecule is COC(=O)c1ccc(-c2cn(Cc3ccc(F)cc3)c(=O)n2Cc2ccc(C(F)(F)P(=O)(O)O)c(C)c2)cc1. The maximum atomic E-state index is 14.3. The Morgan fingerprint density at radius 3 is 2.15 bits per heavy atom. The third kappa shape index (κ3) is 5.75. The number of alkyl halides is 2. The van der Waals surface area contributed by atoms with E-state index in [2.05, 4.69) is 0 Å². The van der Waals surface area contributed by atoms with E-state index >= 15 is 0 Å². The fourth-order valence-electron chi connectivity index (χ4n) is 4.21. The van der Waals surface area contributed by atoms with E-state index in [9.17, 15) is 27.3 Å². The average molecular weight is 560 g/mol. The number of halogens is 3. The van der Waals surface area contributed by atoms with Crippen molar-refractivity contribution in [3.05, 3.63) is 117 Å². The smallest absolute Gasteiger partial charge is 0.399 e. The number of rotatable bonds is 8. The van der Waals surface area contributed by atoms with Crippen molar-refractivity contribution in [2.75, 3.05) is 7.11 Å². The molecule has 4 rings (SSSR count). The minimum atomic E-state index is -5.75. The Labute approximate surface area is 221 Å². The number of esters is 1. The molecular weight excluding hydrogens is 536 g/mol. The Kier molecular flexibility index (Phi) is 7.70. The van der Waals surface area contributed by atoms with Crippen LogP contribution < -0.4 is 5.69 Å². The highest BCUT2D eigenvalue weighted by Gasteiger charge is 2.51. The van der Waals surface area contributed by atoms with Crippen LogP contribution in [-0.4, -0.2) is 32.0 Å². The molecule has 0 unspecified atom stereocenters. The van der Waals surface area contributed by atoms with Gasteiger partial charge in [0.25, 0.3) is 0 Å². The first-order valence-electron chi connectivity index (χ1n) is 11.6. The Bertz CT molecular complexity index is 1620.